The van der Waals surface area contributed by atoms with Crippen molar-refractivity contribution in [1.29, 1.82) is 0 Å². The van der Waals surface area contributed by atoms with E-state index in [1.54, 1.807) is 24.8 Å². The molecule has 0 aliphatic carbocycles. The molecule has 8 aromatic carbocycles. The highest BCUT2D eigenvalue weighted by Gasteiger charge is 2.22. The van der Waals surface area contributed by atoms with Gasteiger partial charge in [-0.15, -0.1) is 40.8 Å². The minimum Gasteiger partial charge on any atom is -0.361 e. The van der Waals surface area contributed by atoms with Crippen LogP contribution in [0.4, 0.5) is 27.7 Å². The SMILES string of the molecule is C.C.C.CN(C)c1cc(-c2ccncc2)c(-c2cc(F)cc3ccccc23)nn1.CN(C)c1cc(-c2ccncc2)c(-c2cccc3ccccc23)nn1.CN1CCN(c2cc(-c3ccncc3)c(-c3ccc4ccccc4c3)nn2)CC1.Cc1ccc2cccc(-c3nnc(N(C)C)cc3-c3ccncc3)c2c1. The summed E-state index contributed by atoms with van der Waals surface area (Å²) in [6.07, 6.45) is 14.3. The molecule has 9 heterocycles. The molecule has 16 aromatic rings. The average molecular weight is 1440 g/mol. The van der Waals surface area contributed by atoms with E-state index in [4.69, 9.17) is 5.10 Å². The van der Waals surface area contributed by atoms with Crippen molar-refractivity contribution in [1.82, 2.24) is 65.6 Å². The molecule has 18 heteroatoms. The van der Waals surface area contributed by atoms with Crippen LogP contribution >= 0.6 is 0 Å². The van der Waals surface area contributed by atoms with Crippen molar-refractivity contribution in [2.45, 2.75) is 29.2 Å². The van der Waals surface area contributed by atoms with Crippen molar-refractivity contribution in [3.05, 3.63) is 291 Å². The van der Waals surface area contributed by atoms with Gasteiger partial charge >= 0.3 is 0 Å². The highest BCUT2D eigenvalue weighted by atomic mass is 19.1. The third kappa shape index (κ3) is 17.5. The minimum absolute atomic E-state index is 0. The van der Waals surface area contributed by atoms with E-state index < -0.39 is 0 Å². The summed E-state index contributed by atoms with van der Waals surface area (Å²) < 4.78 is 14.3. The molecule has 0 radical (unpaired) electrons. The monoisotopic (exact) mass is 1440 g/mol. The van der Waals surface area contributed by atoms with Gasteiger partial charge in [-0.1, -0.05) is 167 Å². The number of aromatic nitrogens is 12. The van der Waals surface area contributed by atoms with Gasteiger partial charge in [0.05, 0.1) is 0 Å². The Labute approximate surface area is 638 Å². The number of nitrogens with zero attached hydrogens (tertiary/aromatic N) is 17. The van der Waals surface area contributed by atoms with Crippen LogP contribution in [0, 0.1) is 12.7 Å². The third-order valence-corrected chi connectivity index (χ3v) is 18.7. The third-order valence-electron chi connectivity index (χ3n) is 18.7. The zero-order valence-electron chi connectivity index (χ0n) is 60.4. The van der Waals surface area contributed by atoms with Gasteiger partial charge < -0.3 is 24.5 Å². The number of rotatable bonds is 12. The van der Waals surface area contributed by atoms with Gasteiger partial charge in [-0.2, -0.15) is 0 Å². The summed E-state index contributed by atoms with van der Waals surface area (Å²) in [6, 6.07) is 77.4. The van der Waals surface area contributed by atoms with E-state index >= 15 is 0 Å². The van der Waals surface area contributed by atoms with Gasteiger partial charge in [-0.3, -0.25) is 19.9 Å². The molecule has 1 fully saturated rings. The molecule has 0 bridgehead atoms. The Hall–Kier alpha value is -13.2. The van der Waals surface area contributed by atoms with E-state index in [0.717, 1.165) is 144 Å². The molecule has 109 heavy (non-hydrogen) atoms. The Morgan fingerprint density at radius 2 is 0.679 bits per heavy atom. The van der Waals surface area contributed by atoms with E-state index in [2.05, 4.69) is 219 Å². The normalized spacial score (nSPS) is 11.7. The molecule has 1 aliphatic rings. The van der Waals surface area contributed by atoms with Crippen LogP contribution in [-0.4, -0.2) is 141 Å². The van der Waals surface area contributed by atoms with Gasteiger partial charge in [0.15, 0.2) is 23.3 Å². The lowest BCUT2D eigenvalue weighted by atomic mass is 9.95. The number of pyridine rings is 4. The highest BCUT2D eigenvalue weighted by molar-refractivity contribution is 6.02. The highest BCUT2D eigenvalue weighted by Crippen LogP contribution is 2.41. The number of piperazine rings is 1. The molecule has 0 spiro atoms. The van der Waals surface area contributed by atoms with Crippen LogP contribution in [0.15, 0.2) is 280 Å². The van der Waals surface area contributed by atoms with Crippen molar-refractivity contribution in [2.24, 2.45) is 0 Å². The van der Waals surface area contributed by atoms with Crippen molar-refractivity contribution >= 4 is 66.4 Å². The standard InChI is InChI=1S/C24H23N5.C22H20N4.C21H17FN4.C21H18N4.3CH4/c1-28-12-14-29(15-13-28)23-17-22(19-8-10-25-11-9-19)24(27-26-23)21-7-6-18-4-2-3-5-20(18)16-21;1-15-7-8-16-5-4-6-18(19(16)13-15)22-20(17-9-11-23-12-10-17)14-21(24-25-22)26(2)3;1-26(2)20-13-18(14-7-9-23-10-8-14)21(25-24-20)19-12-16(22)11-15-5-3-4-6-17(15)19;1-25(2)20-14-19(16-10-12-22-13-11-16)21(24-23-20)18-9-5-7-15-6-3-4-8-17(15)18;;;/h2-11,16-17H,12-15H2,1H3;4-14H,1-3H3;3-13H,1-2H3;3-14H,1-2H3;3*1H4. The fourth-order valence-corrected chi connectivity index (χ4v) is 13.0. The number of aryl methyl sites for hydroxylation is 1. The van der Waals surface area contributed by atoms with Crippen molar-refractivity contribution in [2.75, 3.05) is 95.1 Å². The predicted molar refractivity (Wildman–Crippen MR) is 450 cm³/mol. The Kier molecular flexibility index (Phi) is 24.9. The number of halogens is 1. The summed E-state index contributed by atoms with van der Waals surface area (Å²) in [7, 11) is 13.9. The molecule has 17 nitrogen and oxygen atoms in total. The van der Waals surface area contributed by atoms with Gasteiger partial charge in [0, 0.05) is 163 Å². The maximum absolute atomic E-state index is 14.3. The molecule has 8 aromatic heterocycles. The van der Waals surface area contributed by atoms with Crippen LogP contribution < -0.4 is 19.6 Å². The first-order valence-corrected chi connectivity index (χ1v) is 35.0. The molecule has 1 aliphatic heterocycles. The lowest BCUT2D eigenvalue weighted by molar-refractivity contribution is 0.312. The summed E-state index contributed by atoms with van der Waals surface area (Å²) in [5.74, 6) is 3.04. The zero-order valence-corrected chi connectivity index (χ0v) is 60.4. The zero-order chi connectivity index (χ0) is 73.0. The first kappa shape index (κ1) is 76.9. The quantitative estimate of drug-likeness (QED) is 0.113. The van der Waals surface area contributed by atoms with Crippen LogP contribution in [0.25, 0.3) is 133 Å². The lowest BCUT2D eigenvalue weighted by Crippen LogP contribution is -2.44. The smallest absolute Gasteiger partial charge is 0.151 e. The molecule has 1 saturated heterocycles. The maximum atomic E-state index is 14.3. The Morgan fingerprint density at radius 3 is 1.17 bits per heavy atom. The molecule has 17 rings (SSSR count). The number of hydrogen-bond acceptors (Lipinski definition) is 17. The van der Waals surface area contributed by atoms with Crippen molar-refractivity contribution in [3.8, 4) is 89.5 Å². The molecule has 546 valence electrons. The minimum atomic E-state index is -0.294. The van der Waals surface area contributed by atoms with Gasteiger partial charge in [-0.25, -0.2) is 4.39 Å². The Morgan fingerprint density at radius 1 is 0.294 bits per heavy atom. The van der Waals surface area contributed by atoms with Gasteiger partial charge in [0.1, 0.15) is 28.6 Å². The van der Waals surface area contributed by atoms with Crippen molar-refractivity contribution < 1.29 is 4.39 Å². The number of hydrogen-bond donors (Lipinski definition) is 0. The van der Waals surface area contributed by atoms with Gasteiger partial charge in [0.2, 0.25) is 0 Å². The van der Waals surface area contributed by atoms with Crippen LogP contribution in [-0.2, 0) is 0 Å². The number of likely N-dealkylation sites (N-methyl/N-ethyl adjacent to an activating group) is 1. The molecule has 0 unspecified atom stereocenters. The first-order chi connectivity index (χ1) is 51.8. The lowest BCUT2D eigenvalue weighted by Gasteiger charge is -2.33. The van der Waals surface area contributed by atoms with Crippen molar-refractivity contribution in [3.63, 3.8) is 0 Å². The summed E-state index contributed by atoms with van der Waals surface area (Å²) >= 11 is 0. The molecular weight excluding hydrogens is 1350 g/mol. The van der Waals surface area contributed by atoms with E-state index in [0.29, 0.717) is 5.69 Å². The second-order valence-electron chi connectivity index (χ2n) is 26.6. The van der Waals surface area contributed by atoms with E-state index in [9.17, 15) is 4.39 Å². The molecule has 0 N–H and O–H groups in total. The molecule has 0 atom stereocenters. The van der Waals surface area contributed by atoms with Crippen LogP contribution in [0.2, 0.25) is 0 Å². The number of fused-ring (bicyclic) bond motifs is 4. The predicted octanol–water partition coefficient (Wildman–Crippen LogP) is 19.7. The summed E-state index contributed by atoms with van der Waals surface area (Å²) in [5, 5.41) is 45.1. The number of benzene rings is 8. The van der Waals surface area contributed by atoms with E-state index in [1.807, 2.05) is 161 Å². The van der Waals surface area contributed by atoms with Crippen LogP contribution in [0.1, 0.15) is 27.8 Å². The van der Waals surface area contributed by atoms with E-state index in [-0.39, 0.29) is 28.1 Å². The summed E-state index contributed by atoms with van der Waals surface area (Å²) in [6.45, 7) is 6.13. The first-order valence-electron chi connectivity index (χ1n) is 35.0. The molecular formula is C91H90FN17. The largest absolute Gasteiger partial charge is 0.361 e. The Balaban J connectivity index is 0.000000143. The fraction of sp³-hybridized carbons (Fsp3) is 0.165. The molecule has 0 amide bonds. The number of anilines is 4. The topological polar surface area (TPSA) is 171 Å². The van der Waals surface area contributed by atoms with E-state index in [1.165, 1.54) is 50.0 Å². The summed E-state index contributed by atoms with van der Waals surface area (Å²) in [4.78, 5) is 27.0. The molecule has 0 saturated carbocycles. The Bertz CT molecular complexity index is 5720. The maximum Gasteiger partial charge on any atom is 0.151 e. The van der Waals surface area contributed by atoms with Gasteiger partial charge in [-0.05, 0) is 170 Å². The fourth-order valence-electron chi connectivity index (χ4n) is 13.0. The second kappa shape index (κ2) is 35.3. The summed E-state index contributed by atoms with van der Waals surface area (Å²) in [5.41, 5.74) is 16.9. The average Bonchev–Trinajstić information content (AvgIpc) is 0.769. The van der Waals surface area contributed by atoms with Crippen LogP contribution in [0.5, 0.6) is 0 Å². The second-order valence-corrected chi connectivity index (χ2v) is 26.6. The van der Waals surface area contributed by atoms with Crippen LogP contribution in [0.3, 0.4) is 0 Å². The van der Waals surface area contributed by atoms with Gasteiger partial charge in [0.25, 0.3) is 0 Å².